The number of benzene rings is 2. The molecule has 6 nitrogen and oxygen atoms in total. The average Bonchev–Trinajstić information content (AvgIpc) is 3.21. The number of nitrogens with one attached hydrogen (secondary N) is 1. The molecule has 0 radical (unpaired) electrons. The lowest BCUT2D eigenvalue weighted by Gasteiger charge is -2.13. The van der Waals surface area contributed by atoms with Gasteiger partial charge in [0, 0.05) is 28.6 Å². The van der Waals surface area contributed by atoms with Gasteiger partial charge in [-0.05, 0) is 24.3 Å². The van der Waals surface area contributed by atoms with E-state index in [-0.39, 0.29) is 23.1 Å². The lowest BCUT2D eigenvalue weighted by Crippen LogP contribution is -2.16. The van der Waals surface area contributed by atoms with Gasteiger partial charge in [0.05, 0.1) is 17.8 Å². The van der Waals surface area contributed by atoms with Gasteiger partial charge in [-0.15, -0.1) is 0 Å². The highest BCUT2D eigenvalue weighted by atomic mass is 19.1. The summed E-state index contributed by atoms with van der Waals surface area (Å²) >= 11 is 0. The second-order valence-electron chi connectivity index (χ2n) is 8.77. The zero-order valence-corrected chi connectivity index (χ0v) is 17.0. The number of aromatic amines is 1. The standard InChI is InChI=1S/C23H20F2N4O2/c1-23(2)9-14-18(10-23)26-21(27-22(14)31)20-13-5-3-4-6-19(13)29(28-20)11-15-16(24)7-12(30)8-17(15)25/h3-8,30H,9-11H2,1-2H3,(H,26,27,31). The van der Waals surface area contributed by atoms with E-state index in [1.807, 2.05) is 12.1 Å². The maximum Gasteiger partial charge on any atom is 0.254 e. The van der Waals surface area contributed by atoms with Gasteiger partial charge in [0.2, 0.25) is 0 Å². The number of phenolic OH excluding ortho intramolecular Hbond substituents is 1. The Labute approximate surface area is 176 Å². The molecule has 5 rings (SSSR count). The first-order chi connectivity index (χ1) is 14.7. The van der Waals surface area contributed by atoms with Gasteiger partial charge < -0.3 is 10.1 Å². The summed E-state index contributed by atoms with van der Waals surface area (Å²) in [5.74, 6) is -1.86. The highest BCUT2D eigenvalue weighted by Gasteiger charge is 2.32. The number of H-pyrrole nitrogens is 1. The van der Waals surface area contributed by atoms with Crippen LogP contribution in [0.4, 0.5) is 8.78 Å². The Kier molecular flexibility index (Phi) is 4.22. The first kappa shape index (κ1) is 19.4. The van der Waals surface area contributed by atoms with Crippen LogP contribution < -0.4 is 5.56 Å². The van der Waals surface area contributed by atoms with Crippen LogP contribution in [-0.4, -0.2) is 24.9 Å². The first-order valence-electron chi connectivity index (χ1n) is 9.97. The van der Waals surface area contributed by atoms with E-state index in [0.717, 1.165) is 17.8 Å². The van der Waals surface area contributed by atoms with Crippen molar-refractivity contribution in [2.24, 2.45) is 5.41 Å². The van der Waals surface area contributed by atoms with Crippen LogP contribution in [-0.2, 0) is 19.4 Å². The van der Waals surface area contributed by atoms with Gasteiger partial charge in [0.1, 0.15) is 23.1 Å². The number of fused-ring (bicyclic) bond motifs is 2. The lowest BCUT2D eigenvalue weighted by molar-refractivity contribution is 0.390. The molecule has 0 spiro atoms. The number of hydrogen-bond donors (Lipinski definition) is 2. The third kappa shape index (κ3) is 3.28. The first-order valence-corrected chi connectivity index (χ1v) is 9.97. The molecule has 0 bridgehead atoms. The van der Waals surface area contributed by atoms with Crippen molar-refractivity contribution in [1.29, 1.82) is 0 Å². The quantitative estimate of drug-likeness (QED) is 0.524. The van der Waals surface area contributed by atoms with Gasteiger partial charge >= 0.3 is 0 Å². The SMILES string of the molecule is CC1(C)Cc2nc(-c3nn(Cc4c(F)cc(O)cc4F)c4ccccc34)[nH]c(=O)c2C1. The molecule has 2 aromatic carbocycles. The predicted molar refractivity (Wildman–Crippen MR) is 112 cm³/mol. The van der Waals surface area contributed by atoms with Gasteiger partial charge in [-0.25, -0.2) is 13.8 Å². The summed E-state index contributed by atoms with van der Waals surface area (Å²) < 4.78 is 30.1. The Bertz CT molecular complexity index is 1380. The van der Waals surface area contributed by atoms with Crippen molar-refractivity contribution in [3.8, 4) is 17.3 Å². The van der Waals surface area contributed by atoms with Crippen LogP contribution in [0.2, 0.25) is 0 Å². The molecule has 4 aromatic rings. The van der Waals surface area contributed by atoms with E-state index in [1.165, 1.54) is 4.68 Å². The molecule has 2 N–H and O–H groups in total. The van der Waals surface area contributed by atoms with Crippen molar-refractivity contribution in [1.82, 2.24) is 19.7 Å². The molecule has 2 heterocycles. The molecule has 0 amide bonds. The van der Waals surface area contributed by atoms with Crippen LogP contribution >= 0.6 is 0 Å². The molecule has 0 saturated heterocycles. The minimum atomic E-state index is -0.857. The predicted octanol–water partition coefficient (Wildman–Crippen LogP) is 3.94. The summed E-state index contributed by atoms with van der Waals surface area (Å²) in [6.45, 7) is 4.01. The Morgan fingerprint density at radius 3 is 2.61 bits per heavy atom. The molecule has 158 valence electrons. The third-order valence-corrected chi connectivity index (χ3v) is 5.72. The van der Waals surface area contributed by atoms with Gasteiger partial charge in [-0.2, -0.15) is 5.10 Å². The average molecular weight is 422 g/mol. The van der Waals surface area contributed by atoms with Gasteiger partial charge in [0.15, 0.2) is 5.82 Å². The van der Waals surface area contributed by atoms with Crippen molar-refractivity contribution >= 4 is 10.9 Å². The number of phenols is 1. The molecule has 1 aliphatic carbocycles. The summed E-state index contributed by atoms with van der Waals surface area (Å²) in [6, 6.07) is 8.98. The Morgan fingerprint density at radius 2 is 1.87 bits per heavy atom. The number of rotatable bonds is 3. The second kappa shape index (κ2) is 6.73. The van der Waals surface area contributed by atoms with E-state index in [4.69, 9.17) is 0 Å². The van der Waals surface area contributed by atoms with Crippen molar-refractivity contribution in [2.75, 3.05) is 0 Å². The maximum absolute atomic E-state index is 14.3. The third-order valence-electron chi connectivity index (χ3n) is 5.72. The van der Waals surface area contributed by atoms with Crippen LogP contribution in [0.25, 0.3) is 22.4 Å². The Morgan fingerprint density at radius 1 is 1.16 bits per heavy atom. The summed E-state index contributed by atoms with van der Waals surface area (Å²) in [5, 5.41) is 14.7. The molecule has 0 atom stereocenters. The Balaban J connectivity index is 1.65. The van der Waals surface area contributed by atoms with Crippen molar-refractivity contribution < 1.29 is 13.9 Å². The topological polar surface area (TPSA) is 83.8 Å². The fourth-order valence-corrected chi connectivity index (χ4v) is 4.29. The highest BCUT2D eigenvalue weighted by Crippen LogP contribution is 2.34. The summed E-state index contributed by atoms with van der Waals surface area (Å²) in [6.07, 6.45) is 1.36. The summed E-state index contributed by atoms with van der Waals surface area (Å²) in [4.78, 5) is 20.2. The maximum atomic E-state index is 14.3. The monoisotopic (exact) mass is 422 g/mol. The normalized spacial score (nSPS) is 14.8. The van der Waals surface area contributed by atoms with E-state index in [9.17, 15) is 18.7 Å². The molecule has 0 fully saturated rings. The zero-order chi connectivity index (χ0) is 21.9. The zero-order valence-electron chi connectivity index (χ0n) is 17.0. The molecule has 31 heavy (non-hydrogen) atoms. The minimum absolute atomic E-state index is 0.0314. The van der Waals surface area contributed by atoms with Crippen molar-refractivity contribution in [3.05, 3.63) is 75.2 Å². The number of nitrogens with zero attached hydrogens (tertiary/aromatic N) is 3. The molecule has 8 heteroatoms. The minimum Gasteiger partial charge on any atom is -0.508 e. The molecule has 0 unspecified atom stereocenters. The van der Waals surface area contributed by atoms with E-state index >= 15 is 0 Å². The van der Waals surface area contributed by atoms with Crippen LogP contribution in [0.5, 0.6) is 5.75 Å². The molecule has 2 aromatic heterocycles. The smallest absolute Gasteiger partial charge is 0.254 e. The van der Waals surface area contributed by atoms with Gasteiger partial charge in [0.25, 0.3) is 5.56 Å². The van der Waals surface area contributed by atoms with Crippen LogP contribution in [0.1, 0.15) is 30.7 Å². The van der Waals surface area contributed by atoms with Crippen LogP contribution in [0, 0.1) is 17.0 Å². The fraction of sp³-hybridized carbons (Fsp3) is 0.261. The van der Waals surface area contributed by atoms with E-state index < -0.39 is 17.4 Å². The van der Waals surface area contributed by atoms with Crippen molar-refractivity contribution in [3.63, 3.8) is 0 Å². The molecule has 1 aliphatic rings. The summed E-state index contributed by atoms with van der Waals surface area (Å²) in [5.41, 5.74) is 2.13. The molecule has 0 aliphatic heterocycles. The second-order valence-corrected chi connectivity index (χ2v) is 8.77. The lowest BCUT2D eigenvalue weighted by atomic mass is 9.91. The van der Waals surface area contributed by atoms with E-state index in [0.29, 0.717) is 40.8 Å². The number of halogens is 2. The van der Waals surface area contributed by atoms with E-state index in [1.54, 1.807) is 12.1 Å². The van der Waals surface area contributed by atoms with E-state index in [2.05, 4.69) is 28.9 Å². The number of aromatic hydroxyl groups is 1. The largest absolute Gasteiger partial charge is 0.508 e. The van der Waals surface area contributed by atoms with Gasteiger partial charge in [-0.1, -0.05) is 32.0 Å². The number of hydrogen-bond acceptors (Lipinski definition) is 4. The fourth-order valence-electron chi connectivity index (χ4n) is 4.29. The van der Waals surface area contributed by atoms with Gasteiger partial charge in [-0.3, -0.25) is 9.48 Å². The van der Waals surface area contributed by atoms with Crippen LogP contribution in [0.3, 0.4) is 0 Å². The number of aromatic nitrogens is 4. The van der Waals surface area contributed by atoms with Crippen molar-refractivity contribution in [2.45, 2.75) is 33.2 Å². The van der Waals surface area contributed by atoms with Crippen LogP contribution in [0.15, 0.2) is 41.2 Å². The molecular formula is C23H20F2N4O2. The number of para-hydroxylation sites is 1. The highest BCUT2D eigenvalue weighted by molar-refractivity contribution is 5.91. The molecular weight excluding hydrogens is 402 g/mol. The summed E-state index contributed by atoms with van der Waals surface area (Å²) in [7, 11) is 0. The molecule has 0 saturated carbocycles. The Hall–Kier alpha value is -3.55.